The van der Waals surface area contributed by atoms with E-state index in [9.17, 15) is 9.59 Å². The minimum Gasteiger partial charge on any atom is -0.274 e. The number of hydrogen-bond acceptors (Lipinski definition) is 4. The molecule has 0 atom stereocenters. The number of carbonyl (C=O) groups is 2. The molecule has 0 saturated heterocycles. The molecule has 6 nitrogen and oxygen atoms in total. The van der Waals surface area contributed by atoms with Crippen LogP contribution >= 0.6 is 0 Å². The molecule has 0 radical (unpaired) electrons. The molecule has 2 aliphatic carbocycles. The molecule has 0 bridgehead atoms. The zero-order valence-electron chi connectivity index (χ0n) is 14.4. The first-order valence-corrected chi connectivity index (χ1v) is 9.02. The van der Waals surface area contributed by atoms with E-state index >= 15 is 0 Å². The van der Waals surface area contributed by atoms with Crippen LogP contribution in [0.5, 0.6) is 0 Å². The second-order valence-electron chi connectivity index (χ2n) is 6.56. The van der Waals surface area contributed by atoms with E-state index in [-0.39, 0.29) is 23.7 Å². The fourth-order valence-corrected chi connectivity index (χ4v) is 4.38. The molecule has 0 aromatic heterocycles. The number of nitrogens with one attached hydrogen (secondary N) is 2. The van der Waals surface area contributed by atoms with Gasteiger partial charge < -0.3 is 0 Å². The molecule has 0 aliphatic heterocycles. The van der Waals surface area contributed by atoms with Crippen LogP contribution in [0.4, 0.5) is 0 Å². The largest absolute Gasteiger partial charge is 0.274 e. The first kappa shape index (κ1) is 18.2. The highest BCUT2D eigenvalue weighted by Gasteiger charge is 2.58. The monoisotopic (exact) mass is 326 g/mol. The Hall–Kier alpha value is -1.14. The van der Waals surface area contributed by atoms with E-state index in [4.69, 9.17) is 9.68 Å². The molecule has 0 heterocycles. The highest BCUT2D eigenvalue weighted by Crippen LogP contribution is 2.51. The quantitative estimate of drug-likeness (QED) is 0.531. The lowest BCUT2D eigenvalue weighted by molar-refractivity contribution is -0.167. The second kappa shape index (κ2) is 8.64. The van der Waals surface area contributed by atoms with Crippen molar-refractivity contribution < 1.29 is 19.3 Å². The Morgan fingerprint density at radius 3 is 1.48 bits per heavy atom. The molecular formula is C17H30N2O4. The normalized spacial score (nSPS) is 19.9. The molecule has 0 spiro atoms. The smallest absolute Gasteiger partial charge is 0.259 e. The van der Waals surface area contributed by atoms with Crippen molar-refractivity contribution in [3.8, 4) is 0 Å². The molecule has 0 aromatic carbocycles. The van der Waals surface area contributed by atoms with Gasteiger partial charge in [0.15, 0.2) is 0 Å². The van der Waals surface area contributed by atoms with Crippen molar-refractivity contribution in [1.29, 1.82) is 0 Å². The minimum atomic E-state index is -1.07. The summed E-state index contributed by atoms with van der Waals surface area (Å²) in [6.45, 7) is 4.38. The molecular weight excluding hydrogens is 296 g/mol. The third-order valence-electron chi connectivity index (χ3n) is 5.37. The summed E-state index contributed by atoms with van der Waals surface area (Å²) in [4.78, 5) is 36.4. The van der Waals surface area contributed by atoms with Gasteiger partial charge in [0, 0.05) is 0 Å². The predicted octanol–water partition coefficient (Wildman–Crippen LogP) is 2.49. The summed E-state index contributed by atoms with van der Waals surface area (Å²) in [5.74, 6) is -0.469. The summed E-state index contributed by atoms with van der Waals surface area (Å²) in [7, 11) is 0. The van der Waals surface area contributed by atoms with Gasteiger partial charge in [0.1, 0.15) is 5.41 Å². The van der Waals surface area contributed by atoms with Crippen molar-refractivity contribution in [2.45, 2.75) is 65.2 Å². The van der Waals surface area contributed by atoms with Gasteiger partial charge in [-0.05, 0) is 51.4 Å². The number of rotatable bonds is 8. The molecule has 6 heteroatoms. The highest BCUT2D eigenvalue weighted by molar-refractivity contribution is 6.05. The van der Waals surface area contributed by atoms with Gasteiger partial charge in [-0.15, -0.1) is 0 Å². The van der Waals surface area contributed by atoms with Crippen LogP contribution in [0, 0.1) is 17.3 Å². The summed E-state index contributed by atoms with van der Waals surface area (Å²) in [5, 5.41) is 0. The summed E-state index contributed by atoms with van der Waals surface area (Å²) in [5.41, 5.74) is 3.99. The molecule has 2 rings (SSSR count). The van der Waals surface area contributed by atoms with Crippen molar-refractivity contribution in [2.24, 2.45) is 17.3 Å². The van der Waals surface area contributed by atoms with Crippen LogP contribution in [0.1, 0.15) is 65.2 Å². The topological polar surface area (TPSA) is 76.7 Å². The number of hydrogen-bond donors (Lipinski definition) is 2. The van der Waals surface area contributed by atoms with E-state index in [1.165, 1.54) is 0 Å². The minimum absolute atomic E-state index is 0.0616. The maximum atomic E-state index is 13.1. The summed E-state index contributed by atoms with van der Waals surface area (Å²) in [6.07, 6.45) is 7.94. The van der Waals surface area contributed by atoms with Gasteiger partial charge in [-0.2, -0.15) is 0 Å². The molecule has 0 unspecified atom stereocenters. The van der Waals surface area contributed by atoms with Crippen molar-refractivity contribution >= 4 is 11.8 Å². The van der Waals surface area contributed by atoms with Gasteiger partial charge in [0.25, 0.3) is 11.8 Å². The van der Waals surface area contributed by atoms with Crippen molar-refractivity contribution in [1.82, 2.24) is 11.0 Å². The first-order valence-electron chi connectivity index (χ1n) is 9.02. The van der Waals surface area contributed by atoms with E-state index < -0.39 is 5.41 Å². The maximum absolute atomic E-state index is 13.1. The Balaban J connectivity index is 2.34. The van der Waals surface area contributed by atoms with E-state index in [0.717, 1.165) is 51.4 Å². The Morgan fingerprint density at radius 2 is 1.17 bits per heavy atom. The molecule has 2 saturated carbocycles. The van der Waals surface area contributed by atoms with E-state index in [2.05, 4.69) is 11.0 Å². The van der Waals surface area contributed by atoms with Crippen LogP contribution in [0.2, 0.25) is 0 Å². The SMILES string of the molecule is CCONC(=O)C(C(=O)NOCC)(C1CCCC1)C1CCCC1. The standard InChI is InChI=1S/C17H30N2O4/c1-3-22-18-15(20)17(13-9-5-6-10-13,14-11-7-8-12-14)16(21)19-23-4-2/h13-14H,3-12H2,1-2H3,(H,18,20)(H,19,21). The maximum Gasteiger partial charge on any atom is 0.259 e. The van der Waals surface area contributed by atoms with Crippen LogP contribution in [0.15, 0.2) is 0 Å². The van der Waals surface area contributed by atoms with Gasteiger partial charge in [0.05, 0.1) is 13.2 Å². The van der Waals surface area contributed by atoms with Crippen LogP contribution in [0.3, 0.4) is 0 Å². The fraction of sp³-hybridized carbons (Fsp3) is 0.882. The predicted molar refractivity (Wildman–Crippen MR) is 85.9 cm³/mol. The second-order valence-corrected chi connectivity index (χ2v) is 6.56. The van der Waals surface area contributed by atoms with Crippen LogP contribution in [-0.2, 0) is 19.3 Å². The third kappa shape index (κ3) is 3.69. The summed E-state index contributed by atoms with van der Waals surface area (Å²) >= 11 is 0. The average Bonchev–Trinajstić information content (AvgIpc) is 3.25. The molecule has 2 fully saturated rings. The number of carbonyl (C=O) groups excluding carboxylic acids is 2. The van der Waals surface area contributed by atoms with Gasteiger partial charge in [-0.25, -0.2) is 11.0 Å². The van der Waals surface area contributed by atoms with E-state index in [0.29, 0.717) is 13.2 Å². The highest BCUT2D eigenvalue weighted by atomic mass is 16.7. The summed E-state index contributed by atoms with van der Waals surface area (Å²) in [6, 6.07) is 0. The molecule has 0 aromatic rings. The Bertz CT molecular complexity index is 363. The fourth-order valence-electron chi connectivity index (χ4n) is 4.38. The van der Waals surface area contributed by atoms with Crippen LogP contribution in [0.25, 0.3) is 0 Å². The van der Waals surface area contributed by atoms with Crippen LogP contribution in [-0.4, -0.2) is 25.0 Å². The molecule has 2 amide bonds. The van der Waals surface area contributed by atoms with Gasteiger partial charge in [-0.3, -0.25) is 19.3 Å². The van der Waals surface area contributed by atoms with Gasteiger partial charge >= 0.3 is 0 Å². The Kier molecular flexibility index (Phi) is 6.84. The number of amides is 2. The summed E-state index contributed by atoms with van der Waals surface area (Å²) < 4.78 is 0. The van der Waals surface area contributed by atoms with Gasteiger partial charge in [0.2, 0.25) is 0 Å². The molecule has 132 valence electrons. The lowest BCUT2D eigenvalue weighted by Crippen LogP contribution is -2.58. The van der Waals surface area contributed by atoms with Gasteiger partial charge in [-0.1, -0.05) is 25.7 Å². The Morgan fingerprint density at radius 1 is 0.826 bits per heavy atom. The lowest BCUT2D eigenvalue weighted by atomic mass is 9.63. The zero-order valence-corrected chi connectivity index (χ0v) is 14.4. The van der Waals surface area contributed by atoms with Crippen LogP contribution < -0.4 is 11.0 Å². The number of hydroxylamine groups is 2. The molecule has 23 heavy (non-hydrogen) atoms. The Labute approximate surface area is 138 Å². The molecule has 2 N–H and O–H groups in total. The van der Waals surface area contributed by atoms with E-state index in [1.54, 1.807) is 0 Å². The van der Waals surface area contributed by atoms with Crippen molar-refractivity contribution in [3.63, 3.8) is 0 Å². The van der Waals surface area contributed by atoms with E-state index in [1.807, 2.05) is 13.8 Å². The average molecular weight is 326 g/mol. The first-order chi connectivity index (χ1) is 11.2. The van der Waals surface area contributed by atoms with Crippen molar-refractivity contribution in [2.75, 3.05) is 13.2 Å². The van der Waals surface area contributed by atoms with Crippen molar-refractivity contribution in [3.05, 3.63) is 0 Å². The zero-order chi connectivity index (χ0) is 16.7. The lowest BCUT2D eigenvalue weighted by Gasteiger charge is -2.40. The molecule has 2 aliphatic rings. The third-order valence-corrected chi connectivity index (χ3v) is 5.37.